The van der Waals surface area contributed by atoms with Gasteiger partial charge in [0.1, 0.15) is 0 Å². The predicted octanol–water partition coefficient (Wildman–Crippen LogP) is 2.90. The summed E-state index contributed by atoms with van der Waals surface area (Å²) in [5, 5.41) is 1.42. The van der Waals surface area contributed by atoms with Crippen LogP contribution in [0.2, 0.25) is 5.02 Å². The average Bonchev–Trinajstić information content (AvgIpc) is 2.28. The number of anilines is 1. The van der Waals surface area contributed by atoms with E-state index in [2.05, 4.69) is 4.98 Å². The van der Waals surface area contributed by atoms with Crippen LogP contribution in [0.5, 0.6) is 0 Å². The third kappa shape index (κ3) is 1.68. The van der Waals surface area contributed by atoms with E-state index in [1.807, 2.05) is 6.07 Å². The molecule has 0 radical (unpaired) electrons. The molecule has 0 fully saturated rings. The van der Waals surface area contributed by atoms with Crippen molar-refractivity contribution >= 4 is 45.7 Å². The largest absolute Gasteiger partial charge is 0.398 e. The lowest BCUT2D eigenvalue weighted by Crippen LogP contribution is -2.16. The van der Waals surface area contributed by atoms with Crippen molar-refractivity contribution in [3.8, 4) is 0 Å². The zero-order chi connectivity index (χ0) is 12.0. The van der Waals surface area contributed by atoms with Gasteiger partial charge in [0.2, 0.25) is 0 Å². The number of fused-ring (bicyclic) bond motifs is 2. The molecule has 0 unspecified atom stereocenters. The number of rotatable bonds is 0. The number of pyridine rings is 1. The molecule has 0 saturated heterocycles. The summed E-state index contributed by atoms with van der Waals surface area (Å²) in [6, 6.07) is 5.35. The minimum absolute atomic E-state index is 0.0677. The van der Waals surface area contributed by atoms with Gasteiger partial charge < -0.3 is 5.73 Å². The van der Waals surface area contributed by atoms with Crippen molar-refractivity contribution in [1.29, 1.82) is 0 Å². The fourth-order valence-electron chi connectivity index (χ4n) is 2.04. The normalized spacial score (nSPS) is 15.0. The molecular formula is C12H9ClN2OS. The summed E-state index contributed by atoms with van der Waals surface area (Å²) in [7, 11) is 0. The summed E-state index contributed by atoms with van der Waals surface area (Å²) < 4.78 is 0. The first-order valence-electron chi connectivity index (χ1n) is 5.15. The van der Waals surface area contributed by atoms with E-state index in [1.165, 1.54) is 0 Å². The quantitative estimate of drug-likeness (QED) is 0.795. The number of hydrogen-bond donors (Lipinski definition) is 1. The van der Waals surface area contributed by atoms with Crippen molar-refractivity contribution in [2.75, 3.05) is 11.5 Å². The molecule has 0 atom stereocenters. The monoisotopic (exact) mass is 264 g/mol. The second-order valence-electron chi connectivity index (χ2n) is 3.92. The van der Waals surface area contributed by atoms with Crippen LogP contribution >= 0.6 is 23.4 Å². The van der Waals surface area contributed by atoms with Gasteiger partial charge in [0.05, 0.1) is 28.2 Å². The highest BCUT2D eigenvalue weighted by atomic mass is 35.5. The number of aromatic nitrogens is 1. The fourth-order valence-corrected chi connectivity index (χ4v) is 3.05. The van der Waals surface area contributed by atoms with Crippen molar-refractivity contribution in [1.82, 2.24) is 4.98 Å². The van der Waals surface area contributed by atoms with Crippen LogP contribution in [0, 0.1) is 0 Å². The van der Waals surface area contributed by atoms with Gasteiger partial charge in [0.15, 0.2) is 5.78 Å². The predicted molar refractivity (Wildman–Crippen MR) is 71.7 cm³/mol. The van der Waals surface area contributed by atoms with Gasteiger partial charge in [-0.1, -0.05) is 11.6 Å². The number of thioether (sulfide) groups is 1. The smallest absolute Gasteiger partial charge is 0.176 e. The van der Waals surface area contributed by atoms with Crippen LogP contribution < -0.4 is 5.73 Å². The van der Waals surface area contributed by atoms with Gasteiger partial charge in [-0.05, 0) is 18.2 Å². The molecule has 0 amide bonds. The zero-order valence-corrected chi connectivity index (χ0v) is 10.4. The highest BCUT2D eigenvalue weighted by molar-refractivity contribution is 7.99. The summed E-state index contributed by atoms with van der Waals surface area (Å²) in [5.41, 5.74) is 8.73. The van der Waals surface area contributed by atoms with E-state index in [0.29, 0.717) is 22.0 Å². The minimum atomic E-state index is 0.0677. The molecule has 1 aromatic carbocycles. The van der Waals surface area contributed by atoms with E-state index < -0.39 is 0 Å². The first kappa shape index (κ1) is 10.9. The van der Waals surface area contributed by atoms with Gasteiger partial charge in [-0.25, -0.2) is 0 Å². The molecule has 0 bridgehead atoms. The Labute approximate surface area is 107 Å². The Morgan fingerprint density at radius 2 is 2.18 bits per heavy atom. The van der Waals surface area contributed by atoms with Crippen molar-refractivity contribution in [3.05, 3.63) is 34.5 Å². The molecule has 3 rings (SSSR count). The molecule has 0 aliphatic carbocycles. The molecule has 1 aromatic heterocycles. The molecule has 5 heteroatoms. The standard InChI is InChI=1S/C12H9ClN2OS/c13-6-1-2-7-8(3-6)15-9-4-17-5-10(16)11(9)12(7)14/h1-3H,4-5H2,(H2,14,15). The zero-order valence-electron chi connectivity index (χ0n) is 8.87. The number of ketones is 1. The molecule has 2 aromatic rings. The van der Waals surface area contributed by atoms with Crippen LogP contribution in [0.25, 0.3) is 10.9 Å². The number of nitrogen functional groups attached to an aromatic ring is 1. The lowest BCUT2D eigenvalue weighted by atomic mass is 10.0. The summed E-state index contributed by atoms with van der Waals surface area (Å²) >= 11 is 7.50. The number of carbonyl (C=O) groups excluding carboxylic acids is 1. The summed E-state index contributed by atoms with van der Waals surface area (Å²) in [5.74, 6) is 1.28. The van der Waals surface area contributed by atoms with Crippen molar-refractivity contribution in [2.45, 2.75) is 5.75 Å². The Morgan fingerprint density at radius 1 is 1.35 bits per heavy atom. The fraction of sp³-hybridized carbons (Fsp3) is 0.167. The molecule has 17 heavy (non-hydrogen) atoms. The van der Waals surface area contributed by atoms with Gasteiger partial charge in [0.25, 0.3) is 0 Å². The molecular weight excluding hydrogens is 256 g/mol. The van der Waals surface area contributed by atoms with Gasteiger partial charge in [-0.15, -0.1) is 11.8 Å². The number of hydrogen-bond acceptors (Lipinski definition) is 4. The number of benzene rings is 1. The number of halogens is 1. The molecule has 86 valence electrons. The number of nitrogens with zero attached hydrogens (tertiary/aromatic N) is 1. The highest BCUT2D eigenvalue weighted by Crippen LogP contribution is 2.33. The number of carbonyl (C=O) groups is 1. The van der Waals surface area contributed by atoms with E-state index in [-0.39, 0.29) is 5.78 Å². The van der Waals surface area contributed by atoms with E-state index >= 15 is 0 Å². The Morgan fingerprint density at radius 3 is 3.00 bits per heavy atom. The molecule has 0 saturated carbocycles. The third-order valence-electron chi connectivity index (χ3n) is 2.81. The molecule has 1 aliphatic heterocycles. The van der Waals surface area contributed by atoms with Crippen molar-refractivity contribution in [3.63, 3.8) is 0 Å². The molecule has 1 aliphatic rings. The van der Waals surface area contributed by atoms with Crippen LogP contribution in [0.1, 0.15) is 16.1 Å². The van der Waals surface area contributed by atoms with E-state index in [0.717, 1.165) is 22.3 Å². The Kier molecular flexibility index (Phi) is 2.49. The number of Topliss-reactive ketones (excluding diaryl/α,β-unsaturated/α-hetero) is 1. The van der Waals surface area contributed by atoms with Crippen molar-refractivity contribution < 1.29 is 4.79 Å². The Bertz CT molecular complexity index is 642. The van der Waals surface area contributed by atoms with Gasteiger partial charge in [-0.2, -0.15) is 0 Å². The van der Waals surface area contributed by atoms with E-state index in [4.69, 9.17) is 17.3 Å². The molecule has 0 spiro atoms. The number of nitrogens with two attached hydrogens (primary N) is 1. The van der Waals surface area contributed by atoms with Crippen LogP contribution in [0.4, 0.5) is 5.69 Å². The first-order valence-corrected chi connectivity index (χ1v) is 6.68. The second kappa shape index (κ2) is 3.89. The van der Waals surface area contributed by atoms with Gasteiger partial charge in [0, 0.05) is 16.2 Å². The minimum Gasteiger partial charge on any atom is -0.398 e. The summed E-state index contributed by atoms with van der Waals surface area (Å²) in [6.45, 7) is 0. The van der Waals surface area contributed by atoms with Gasteiger partial charge >= 0.3 is 0 Å². The van der Waals surface area contributed by atoms with Crippen LogP contribution in [-0.4, -0.2) is 16.5 Å². The maximum Gasteiger partial charge on any atom is 0.176 e. The average molecular weight is 265 g/mol. The van der Waals surface area contributed by atoms with Crippen LogP contribution in [0.3, 0.4) is 0 Å². The Balaban J connectivity index is 2.39. The Hall–Kier alpha value is -1.26. The highest BCUT2D eigenvalue weighted by Gasteiger charge is 2.23. The molecule has 2 heterocycles. The molecule has 2 N–H and O–H groups in total. The summed E-state index contributed by atoms with van der Waals surface area (Å²) in [6.07, 6.45) is 0. The third-order valence-corrected chi connectivity index (χ3v) is 3.99. The summed E-state index contributed by atoms with van der Waals surface area (Å²) in [4.78, 5) is 16.3. The van der Waals surface area contributed by atoms with Crippen molar-refractivity contribution in [2.24, 2.45) is 0 Å². The first-order chi connectivity index (χ1) is 8.16. The maximum absolute atomic E-state index is 11.9. The molecule has 3 nitrogen and oxygen atoms in total. The van der Waals surface area contributed by atoms with E-state index in [9.17, 15) is 4.79 Å². The lowest BCUT2D eigenvalue weighted by molar-refractivity contribution is 0.102. The maximum atomic E-state index is 11.9. The lowest BCUT2D eigenvalue weighted by Gasteiger charge is -2.17. The van der Waals surface area contributed by atoms with Gasteiger partial charge in [-0.3, -0.25) is 9.78 Å². The second-order valence-corrected chi connectivity index (χ2v) is 5.35. The van der Waals surface area contributed by atoms with Crippen LogP contribution in [-0.2, 0) is 5.75 Å². The van der Waals surface area contributed by atoms with Crippen LogP contribution in [0.15, 0.2) is 18.2 Å². The topological polar surface area (TPSA) is 56.0 Å². The van der Waals surface area contributed by atoms with E-state index in [1.54, 1.807) is 23.9 Å². The SMILES string of the molecule is Nc1c2c(nc3cc(Cl)ccc13)CSCC2=O.